The Hall–Kier alpha value is -1.04. The summed E-state index contributed by atoms with van der Waals surface area (Å²) < 4.78 is 38.4. The van der Waals surface area contributed by atoms with Crippen LogP contribution in [0, 0.1) is 0 Å². The van der Waals surface area contributed by atoms with Crippen LogP contribution in [0.3, 0.4) is 0 Å². The van der Waals surface area contributed by atoms with Crippen molar-refractivity contribution in [3.8, 4) is 0 Å². The second-order valence-corrected chi connectivity index (χ2v) is 6.13. The van der Waals surface area contributed by atoms with Crippen molar-refractivity contribution in [3.05, 3.63) is 33.8 Å². The molecule has 0 aliphatic rings. The maximum atomic E-state index is 12.7. The zero-order valence-corrected chi connectivity index (χ0v) is 13.2. The fourth-order valence-electron chi connectivity index (χ4n) is 1.94. The minimum atomic E-state index is -4.46. The van der Waals surface area contributed by atoms with Gasteiger partial charge in [0.25, 0.3) is 5.91 Å². The molecule has 0 aliphatic carbocycles. The van der Waals surface area contributed by atoms with E-state index in [2.05, 4.69) is 21.2 Å². The molecule has 112 valence electrons. The van der Waals surface area contributed by atoms with Gasteiger partial charge in [-0.25, -0.2) is 0 Å². The topological polar surface area (TPSA) is 29.1 Å². The summed E-state index contributed by atoms with van der Waals surface area (Å²) >= 11 is 3.12. The number of benzene rings is 1. The van der Waals surface area contributed by atoms with Gasteiger partial charge in [0.05, 0.1) is 11.1 Å². The zero-order valence-electron chi connectivity index (χ0n) is 11.6. The van der Waals surface area contributed by atoms with Crippen molar-refractivity contribution in [1.82, 2.24) is 5.32 Å². The van der Waals surface area contributed by atoms with E-state index in [4.69, 9.17) is 0 Å². The number of carbonyl (C=O) groups excluding carboxylic acids is 1. The number of carbonyl (C=O) groups is 1. The fraction of sp³-hybridized carbons (Fsp3) is 0.500. The molecular weight excluding hydrogens is 335 g/mol. The third kappa shape index (κ3) is 4.51. The first-order valence-corrected chi connectivity index (χ1v) is 7.05. The van der Waals surface area contributed by atoms with Crippen LogP contribution < -0.4 is 5.32 Å². The average Bonchev–Trinajstić information content (AvgIpc) is 2.26. The number of alkyl halides is 3. The summed E-state index contributed by atoms with van der Waals surface area (Å²) in [6, 6.07) is 3.05. The average molecular weight is 352 g/mol. The van der Waals surface area contributed by atoms with Gasteiger partial charge in [0.1, 0.15) is 0 Å². The van der Waals surface area contributed by atoms with Crippen molar-refractivity contribution in [2.45, 2.75) is 45.3 Å². The van der Waals surface area contributed by atoms with E-state index in [0.29, 0.717) is 4.47 Å². The third-order valence-electron chi connectivity index (χ3n) is 2.87. The molecule has 1 aromatic rings. The minimum Gasteiger partial charge on any atom is -0.347 e. The van der Waals surface area contributed by atoms with E-state index < -0.39 is 23.2 Å². The van der Waals surface area contributed by atoms with E-state index in [-0.39, 0.29) is 5.56 Å². The number of rotatable bonds is 4. The van der Waals surface area contributed by atoms with E-state index >= 15 is 0 Å². The first-order chi connectivity index (χ1) is 9.07. The normalized spacial score (nSPS) is 12.3. The minimum absolute atomic E-state index is 0.0102. The summed E-state index contributed by atoms with van der Waals surface area (Å²) in [5.41, 5.74) is -1.30. The lowest BCUT2D eigenvalue weighted by Gasteiger charge is -2.26. The highest BCUT2D eigenvalue weighted by Crippen LogP contribution is 2.32. The summed E-state index contributed by atoms with van der Waals surface area (Å²) in [5.74, 6) is -0.513. The van der Waals surface area contributed by atoms with Crippen molar-refractivity contribution >= 4 is 21.8 Å². The Morgan fingerprint density at radius 2 is 1.90 bits per heavy atom. The SMILES string of the molecule is CCCC(C)(C)NC(=O)c1cc(C(F)(F)F)ccc1Br. The van der Waals surface area contributed by atoms with Gasteiger partial charge >= 0.3 is 6.18 Å². The van der Waals surface area contributed by atoms with Crippen LogP contribution in [-0.4, -0.2) is 11.4 Å². The van der Waals surface area contributed by atoms with Gasteiger partial charge in [-0.1, -0.05) is 13.3 Å². The van der Waals surface area contributed by atoms with Crippen LogP contribution in [0.4, 0.5) is 13.2 Å². The first kappa shape index (κ1) is 17.0. The molecule has 0 bridgehead atoms. The van der Waals surface area contributed by atoms with Gasteiger partial charge in [-0.05, 0) is 54.4 Å². The van der Waals surface area contributed by atoms with Crippen molar-refractivity contribution in [2.75, 3.05) is 0 Å². The Labute approximate surface area is 124 Å². The summed E-state index contributed by atoms with van der Waals surface area (Å²) in [4.78, 5) is 12.1. The smallest absolute Gasteiger partial charge is 0.347 e. The lowest BCUT2D eigenvalue weighted by atomic mass is 9.98. The molecular formula is C14H17BrF3NO. The summed E-state index contributed by atoms with van der Waals surface area (Å²) in [7, 11) is 0. The Bertz CT molecular complexity index is 498. The molecule has 0 heterocycles. The Morgan fingerprint density at radius 1 is 1.30 bits per heavy atom. The number of halogens is 4. The van der Waals surface area contributed by atoms with Gasteiger partial charge in [-0.3, -0.25) is 4.79 Å². The number of amides is 1. The molecule has 6 heteroatoms. The first-order valence-electron chi connectivity index (χ1n) is 6.26. The van der Waals surface area contributed by atoms with Crippen molar-refractivity contribution in [1.29, 1.82) is 0 Å². The van der Waals surface area contributed by atoms with Crippen LogP contribution in [0.5, 0.6) is 0 Å². The molecule has 2 nitrogen and oxygen atoms in total. The van der Waals surface area contributed by atoms with Crippen molar-refractivity contribution in [3.63, 3.8) is 0 Å². The molecule has 0 saturated heterocycles. The maximum Gasteiger partial charge on any atom is 0.416 e. The largest absolute Gasteiger partial charge is 0.416 e. The van der Waals surface area contributed by atoms with Crippen LogP contribution in [0.1, 0.15) is 49.5 Å². The second kappa shape index (κ2) is 6.16. The molecule has 1 rings (SSSR count). The Morgan fingerprint density at radius 3 is 2.40 bits per heavy atom. The predicted octanol–water partition coefficient (Wildman–Crippen LogP) is 4.78. The number of hydrogen-bond acceptors (Lipinski definition) is 1. The second-order valence-electron chi connectivity index (χ2n) is 5.28. The highest BCUT2D eigenvalue weighted by molar-refractivity contribution is 9.10. The molecule has 1 N–H and O–H groups in total. The standard InChI is InChI=1S/C14H17BrF3NO/c1-4-7-13(2,3)19-12(20)10-8-9(14(16,17)18)5-6-11(10)15/h5-6,8H,4,7H2,1-3H3,(H,19,20). The van der Waals surface area contributed by atoms with E-state index in [1.807, 2.05) is 20.8 Å². The molecule has 0 aromatic heterocycles. The van der Waals surface area contributed by atoms with Gasteiger partial charge in [-0.2, -0.15) is 13.2 Å². The Balaban J connectivity index is 3.04. The molecule has 0 aliphatic heterocycles. The van der Waals surface area contributed by atoms with Crippen molar-refractivity contribution in [2.24, 2.45) is 0 Å². The zero-order chi connectivity index (χ0) is 15.6. The lowest BCUT2D eigenvalue weighted by Crippen LogP contribution is -2.43. The highest BCUT2D eigenvalue weighted by atomic mass is 79.9. The molecule has 1 aromatic carbocycles. The molecule has 0 atom stereocenters. The third-order valence-corrected chi connectivity index (χ3v) is 3.56. The van der Waals surface area contributed by atoms with Gasteiger partial charge in [0.2, 0.25) is 0 Å². The van der Waals surface area contributed by atoms with Crippen LogP contribution in [-0.2, 0) is 6.18 Å². The van der Waals surface area contributed by atoms with Gasteiger partial charge in [0.15, 0.2) is 0 Å². The molecule has 1 amide bonds. The number of hydrogen-bond donors (Lipinski definition) is 1. The van der Waals surface area contributed by atoms with Gasteiger partial charge < -0.3 is 5.32 Å². The summed E-state index contributed by atoms with van der Waals surface area (Å²) in [6.07, 6.45) is -2.85. The van der Waals surface area contributed by atoms with E-state index in [1.165, 1.54) is 6.07 Å². The molecule has 0 radical (unpaired) electrons. The quantitative estimate of drug-likeness (QED) is 0.831. The van der Waals surface area contributed by atoms with E-state index in [9.17, 15) is 18.0 Å². The molecule has 0 fully saturated rings. The van der Waals surface area contributed by atoms with Crippen LogP contribution >= 0.6 is 15.9 Å². The van der Waals surface area contributed by atoms with E-state index in [1.54, 1.807) is 0 Å². The lowest BCUT2D eigenvalue weighted by molar-refractivity contribution is -0.137. The molecule has 0 spiro atoms. The summed E-state index contributed by atoms with van der Waals surface area (Å²) in [5, 5.41) is 2.76. The van der Waals surface area contributed by atoms with Crippen LogP contribution in [0.25, 0.3) is 0 Å². The Kier molecular flexibility index (Phi) is 5.24. The molecule has 0 saturated carbocycles. The highest BCUT2D eigenvalue weighted by Gasteiger charge is 2.32. The van der Waals surface area contributed by atoms with Crippen LogP contribution in [0.2, 0.25) is 0 Å². The molecule has 20 heavy (non-hydrogen) atoms. The number of nitrogens with one attached hydrogen (secondary N) is 1. The van der Waals surface area contributed by atoms with Gasteiger partial charge in [0, 0.05) is 10.0 Å². The summed E-state index contributed by atoms with van der Waals surface area (Å²) in [6.45, 7) is 5.67. The monoisotopic (exact) mass is 351 g/mol. The van der Waals surface area contributed by atoms with Gasteiger partial charge in [-0.15, -0.1) is 0 Å². The predicted molar refractivity (Wildman–Crippen MR) is 75.6 cm³/mol. The van der Waals surface area contributed by atoms with Crippen LogP contribution in [0.15, 0.2) is 22.7 Å². The maximum absolute atomic E-state index is 12.7. The fourth-order valence-corrected chi connectivity index (χ4v) is 2.36. The molecule has 0 unspecified atom stereocenters. The van der Waals surface area contributed by atoms with E-state index in [0.717, 1.165) is 25.0 Å². The van der Waals surface area contributed by atoms with Crippen molar-refractivity contribution < 1.29 is 18.0 Å².